The minimum absolute atomic E-state index is 0.0398. The van der Waals surface area contributed by atoms with Crippen molar-refractivity contribution in [1.29, 1.82) is 0 Å². The standard InChI is InChI=1S/C12H20N4O3/c1-5-6-8-13-10(16-15-8)11(17)14-9(7(2)3)12(18)19-4/h7,9H,5-6H2,1-4H3,(H,14,17)(H,13,15,16). The van der Waals surface area contributed by atoms with E-state index in [9.17, 15) is 9.59 Å². The van der Waals surface area contributed by atoms with E-state index in [1.807, 2.05) is 20.8 Å². The third-order valence-electron chi connectivity index (χ3n) is 2.63. The van der Waals surface area contributed by atoms with Crippen molar-refractivity contribution in [3.63, 3.8) is 0 Å². The first kappa shape index (κ1) is 15.1. The Balaban J connectivity index is 2.73. The Morgan fingerprint density at radius 2 is 2.11 bits per heavy atom. The van der Waals surface area contributed by atoms with E-state index in [4.69, 9.17) is 0 Å². The number of H-pyrrole nitrogens is 1. The van der Waals surface area contributed by atoms with E-state index < -0.39 is 17.9 Å². The molecule has 1 heterocycles. The van der Waals surface area contributed by atoms with Gasteiger partial charge in [0.15, 0.2) is 0 Å². The van der Waals surface area contributed by atoms with Crippen molar-refractivity contribution in [1.82, 2.24) is 20.5 Å². The third-order valence-corrected chi connectivity index (χ3v) is 2.63. The normalized spacial score (nSPS) is 12.3. The molecule has 1 unspecified atom stereocenters. The van der Waals surface area contributed by atoms with Gasteiger partial charge in [0.25, 0.3) is 5.91 Å². The third kappa shape index (κ3) is 4.04. The number of hydrogen-bond donors (Lipinski definition) is 2. The molecule has 1 atom stereocenters. The maximum atomic E-state index is 11.9. The highest BCUT2D eigenvalue weighted by Crippen LogP contribution is 2.05. The van der Waals surface area contributed by atoms with Crippen molar-refractivity contribution in [2.45, 2.75) is 39.7 Å². The Hall–Kier alpha value is -1.92. The first-order valence-corrected chi connectivity index (χ1v) is 6.29. The summed E-state index contributed by atoms with van der Waals surface area (Å²) >= 11 is 0. The number of carbonyl (C=O) groups is 2. The molecule has 7 nitrogen and oxygen atoms in total. The average molecular weight is 268 g/mol. The highest BCUT2D eigenvalue weighted by molar-refractivity contribution is 5.93. The second kappa shape index (κ2) is 6.86. The summed E-state index contributed by atoms with van der Waals surface area (Å²) in [5.41, 5.74) is 0. The van der Waals surface area contributed by atoms with E-state index >= 15 is 0 Å². The van der Waals surface area contributed by atoms with E-state index in [2.05, 4.69) is 25.2 Å². The quantitative estimate of drug-likeness (QED) is 0.740. The molecule has 0 spiro atoms. The van der Waals surface area contributed by atoms with E-state index in [0.717, 1.165) is 12.8 Å². The Kier molecular flexibility index (Phi) is 5.47. The van der Waals surface area contributed by atoms with Crippen LogP contribution in [-0.4, -0.2) is 40.2 Å². The number of amides is 1. The van der Waals surface area contributed by atoms with Gasteiger partial charge in [0.1, 0.15) is 11.9 Å². The van der Waals surface area contributed by atoms with Crippen molar-refractivity contribution >= 4 is 11.9 Å². The largest absolute Gasteiger partial charge is 0.467 e. The van der Waals surface area contributed by atoms with Gasteiger partial charge in [-0.1, -0.05) is 20.8 Å². The minimum atomic E-state index is -0.703. The number of aromatic nitrogens is 3. The SMILES string of the molecule is CCCc1nc(C(=O)NC(C(=O)OC)C(C)C)n[nH]1. The smallest absolute Gasteiger partial charge is 0.328 e. The Labute approximate surface area is 112 Å². The topological polar surface area (TPSA) is 97.0 Å². The van der Waals surface area contributed by atoms with Crippen molar-refractivity contribution < 1.29 is 14.3 Å². The van der Waals surface area contributed by atoms with E-state index in [-0.39, 0.29) is 11.7 Å². The van der Waals surface area contributed by atoms with Crippen molar-refractivity contribution in [3.8, 4) is 0 Å². The molecule has 1 rings (SSSR count). The molecule has 1 aromatic rings. The van der Waals surface area contributed by atoms with Gasteiger partial charge in [0.05, 0.1) is 7.11 Å². The first-order chi connectivity index (χ1) is 8.99. The van der Waals surface area contributed by atoms with Gasteiger partial charge in [-0.2, -0.15) is 0 Å². The van der Waals surface area contributed by atoms with Crippen LogP contribution < -0.4 is 5.32 Å². The molecule has 0 aliphatic carbocycles. The molecule has 19 heavy (non-hydrogen) atoms. The molecular formula is C12H20N4O3. The maximum Gasteiger partial charge on any atom is 0.328 e. The van der Waals surface area contributed by atoms with Gasteiger partial charge in [0.2, 0.25) is 5.82 Å². The lowest BCUT2D eigenvalue weighted by Crippen LogP contribution is -2.45. The van der Waals surface area contributed by atoms with Crippen LogP contribution in [0.1, 0.15) is 43.6 Å². The van der Waals surface area contributed by atoms with Crippen LogP contribution in [0.3, 0.4) is 0 Å². The van der Waals surface area contributed by atoms with Gasteiger partial charge in [0, 0.05) is 6.42 Å². The summed E-state index contributed by atoms with van der Waals surface area (Å²) in [4.78, 5) is 27.5. The number of aryl methyl sites for hydroxylation is 1. The number of hydrogen-bond acceptors (Lipinski definition) is 5. The van der Waals surface area contributed by atoms with Gasteiger partial charge >= 0.3 is 5.97 Å². The van der Waals surface area contributed by atoms with Gasteiger partial charge in [-0.3, -0.25) is 9.89 Å². The summed E-state index contributed by atoms with van der Waals surface area (Å²) in [6.45, 7) is 5.65. The van der Waals surface area contributed by atoms with Crippen LogP contribution in [0.4, 0.5) is 0 Å². The maximum absolute atomic E-state index is 11.9. The summed E-state index contributed by atoms with van der Waals surface area (Å²) in [6, 6.07) is -0.703. The highest BCUT2D eigenvalue weighted by Gasteiger charge is 2.26. The molecule has 0 aromatic carbocycles. The molecule has 7 heteroatoms. The average Bonchev–Trinajstić information content (AvgIpc) is 2.83. The predicted octanol–water partition coefficient (Wildman–Crippen LogP) is 0.685. The van der Waals surface area contributed by atoms with Crippen LogP contribution in [-0.2, 0) is 16.0 Å². The molecule has 0 aliphatic heterocycles. The number of aromatic amines is 1. The fourth-order valence-electron chi connectivity index (χ4n) is 1.58. The number of carbonyl (C=O) groups excluding carboxylic acids is 2. The van der Waals surface area contributed by atoms with E-state index in [0.29, 0.717) is 5.82 Å². The van der Waals surface area contributed by atoms with Crippen molar-refractivity contribution in [2.75, 3.05) is 7.11 Å². The lowest BCUT2D eigenvalue weighted by atomic mass is 10.0. The summed E-state index contributed by atoms with van der Waals surface area (Å²) in [6.07, 6.45) is 1.64. The summed E-state index contributed by atoms with van der Waals surface area (Å²) in [5, 5.41) is 9.11. The molecule has 106 valence electrons. The zero-order valence-corrected chi connectivity index (χ0v) is 11.7. The summed E-state index contributed by atoms with van der Waals surface area (Å²) < 4.78 is 4.65. The van der Waals surface area contributed by atoms with Crippen LogP contribution in [0.25, 0.3) is 0 Å². The minimum Gasteiger partial charge on any atom is -0.467 e. The van der Waals surface area contributed by atoms with Crippen molar-refractivity contribution in [3.05, 3.63) is 11.6 Å². The summed E-state index contributed by atoms with van der Waals surface area (Å²) in [5.74, 6) is -0.342. The molecule has 0 fully saturated rings. The lowest BCUT2D eigenvalue weighted by molar-refractivity contribution is -0.144. The molecule has 0 saturated carbocycles. The molecule has 0 radical (unpaired) electrons. The molecule has 0 bridgehead atoms. The Morgan fingerprint density at radius 3 is 2.63 bits per heavy atom. The number of esters is 1. The Morgan fingerprint density at radius 1 is 1.42 bits per heavy atom. The van der Waals surface area contributed by atoms with Crippen LogP contribution >= 0.6 is 0 Å². The fraction of sp³-hybridized carbons (Fsp3) is 0.667. The van der Waals surface area contributed by atoms with Gasteiger partial charge < -0.3 is 10.1 Å². The molecule has 0 saturated heterocycles. The molecule has 2 N–H and O–H groups in total. The summed E-state index contributed by atoms with van der Waals surface area (Å²) in [7, 11) is 1.29. The second-order valence-corrected chi connectivity index (χ2v) is 4.57. The van der Waals surface area contributed by atoms with E-state index in [1.54, 1.807) is 0 Å². The monoisotopic (exact) mass is 268 g/mol. The number of nitrogens with one attached hydrogen (secondary N) is 2. The molecule has 1 aromatic heterocycles. The number of nitrogens with zero attached hydrogens (tertiary/aromatic N) is 2. The van der Waals surface area contributed by atoms with Crippen molar-refractivity contribution in [2.24, 2.45) is 5.92 Å². The fourth-order valence-corrected chi connectivity index (χ4v) is 1.58. The van der Waals surface area contributed by atoms with Gasteiger partial charge in [-0.05, 0) is 12.3 Å². The van der Waals surface area contributed by atoms with E-state index in [1.165, 1.54) is 7.11 Å². The van der Waals surface area contributed by atoms with Crippen LogP contribution in [0, 0.1) is 5.92 Å². The van der Waals surface area contributed by atoms with Gasteiger partial charge in [-0.25, -0.2) is 9.78 Å². The number of rotatable bonds is 6. The van der Waals surface area contributed by atoms with Crippen LogP contribution in [0.15, 0.2) is 0 Å². The highest BCUT2D eigenvalue weighted by atomic mass is 16.5. The predicted molar refractivity (Wildman–Crippen MR) is 68.5 cm³/mol. The molecule has 0 aliphatic rings. The van der Waals surface area contributed by atoms with Gasteiger partial charge in [-0.15, -0.1) is 5.10 Å². The van der Waals surface area contributed by atoms with Crippen LogP contribution in [0.2, 0.25) is 0 Å². The van der Waals surface area contributed by atoms with Crippen LogP contribution in [0.5, 0.6) is 0 Å². The number of methoxy groups -OCH3 is 1. The first-order valence-electron chi connectivity index (χ1n) is 6.29. The number of ether oxygens (including phenoxy) is 1. The zero-order chi connectivity index (χ0) is 14.4. The Bertz CT molecular complexity index is 442. The zero-order valence-electron chi connectivity index (χ0n) is 11.7. The molecular weight excluding hydrogens is 248 g/mol. The molecule has 1 amide bonds. The lowest BCUT2D eigenvalue weighted by Gasteiger charge is -2.18. The second-order valence-electron chi connectivity index (χ2n) is 4.57.